The molecule has 24 heavy (non-hydrogen) atoms. The summed E-state index contributed by atoms with van der Waals surface area (Å²) in [5.74, 6) is 1.23. The van der Waals surface area contributed by atoms with Crippen LogP contribution in [0, 0.1) is 0 Å². The van der Waals surface area contributed by atoms with Crippen molar-refractivity contribution in [2.24, 2.45) is 0 Å². The third kappa shape index (κ3) is 3.46. The average molecular weight is 345 g/mol. The van der Waals surface area contributed by atoms with Crippen LogP contribution in [0.25, 0.3) is 0 Å². The number of nitrogens with zero attached hydrogens (tertiary/aromatic N) is 2. The summed E-state index contributed by atoms with van der Waals surface area (Å²) >= 11 is 1.53. The molecular formula is C17H19N3O3S. The number of hydrogen-bond acceptors (Lipinski definition) is 5. The molecular weight excluding hydrogens is 326 g/mol. The molecule has 6 nitrogen and oxygen atoms in total. The number of aryl methyl sites for hydroxylation is 1. The van der Waals surface area contributed by atoms with Crippen LogP contribution in [0.1, 0.15) is 25.1 Å². The van der Waals surface area contributed by atoms with Crippen molar-refractivity contribution in [3.05, 3.63) is 46.4 Å². The standard InChI is InChI=1S/C17H19N3O3S/c1-3-11-8-16(22)20-13(10-24-17(20)19-11)9-15(21)18-12-5-4-6-14(7-12)23-2/h4-8,13H,3,9-10H2,1-2H3,(H,18,21). The minimum atomic E-state index is -0.165. The van der Waals surface area contributed by atoms with Crippen molar-refractivity contribution in [2.45, 2.75) is 31.0 Å². The number of thioether (sulfide) groups is 1. The Hall–Kier alpha value is -2.28. The third-order valence-corrected chi connectivity index (χ3v) is 4.98. The summed E-state index contributed by atoms with van der Waals surface area (Å²) in [4.78, 5) is 29.1. The highest BCUT2D eigenvalue weighted by atomic mass is 32.2. The van der Waals surface area contributed by atoms with Gasteiger partial charge in [-0.25, -0.2) is 4.98 Å². The molecule has 3 rings (SSSR count). The molecule has 0 saturated heterocycles. The minimum absolute atomic E-state index is 0.0824. The molecule has 1 aliphatic rings. The van der Waals surface area contributed by atoms with Gasteiger partial charge in [-0.3, -0.25) is 14.2 Å². The van der Waals surface area contributed by atoms with E-state index in [4.69, 9.17) is 4.74 Å². The highest BCUT2D eigenvalue weighted by Gasteiger charge is 2.27. The average Bonchev–Trinajstić information content (AvgIpc) is 2.98. The maximum atomic E-state index is 12.3. The largest absolute Gasteiger partial charge is 0.497 e. The smallest absolute Gasteiger partial charge is 0.254 e. The van der Waals surface area contributed by atoms with Gasteiger partial charge in [0.25, 0.3) is 5.56 Å². The molecule has 1 aromatic heterocycles. The summed E-state index contributed by atoms with van der Waals surface area (Å²) in [5, 5.41) is 3.56. The number of hydrogen-bond donors (Lipinski definition) is 1. The van der Waals surface area contributed by atoms with Crippen molar-refractivity contribution in [2.75, 3.05) is 18.2 Å². The van der Waals surface area contributed by atoms with Crippen LogP contribution in [0.15, 0.2) is 40.3 Å². The number of anilines is 1. The maximum Gasteiger partial charge on any atom is 0.254 e. The SMILES string of the molecule is CCc1cc(=O)n2c(n1)SCC2CC(=O)Nc1cccc(OC)c1. The Morgan fingerprint density at radius 2 is 2.29 bits per heavy atom. The number of methoxy groups -OCH3 is 1. The number of ether oxygens (including phenoxy) is 1. The summed E-state index contributed by atoms with van der Waals surface area (Å²) in [7, 11) is 1.58. The van der Waals surface area contributed by atoms with E-state index < -0.39 is 0 Å². The number of fused-ring (bicyclic) bond motifs is 1. The van der Waals surface area contributed by atoms with E-state index in [0.717, 1.165) is 12.1 Å². The van der Waals surface area contributed by atoms with Gasteiger partial charge in [-0.05, 0) is 18.6 Å². The van der Waals surface area contributed by atoms with E-state index in [9.17, 15) is 9.59 Å². The summed E-state index contributed by atoms with van der Waals surface area (Å²) in [6.45, 7) is 1.97. The summed E-state index contributed by atoms with van der Waals surface area (Å²) in [5.41, 5.74) is 1.39. The molecule has 0 spiro atoms. The van der Waals surface area contributed by atoms with Crippen LogP contribution in [-0.4, -0.2) is 28.3 Å². The van der Waals surface area contributed by atoms with Gasteiger partial charge in [-0.2, -0.15) is 0 Å². The quantitative estimate of drug-likeness (QED) is 0.843. The van der Waals surface area contributed by atoms with Gasteiger partial charge in [-0.15, -0.1) is 0 Å². The van der Waals surface area contributed by atoms with Crippen LogP contribution in [0.5, 0.6) is 5.75 Å². The number of carbonyl (C=O) groups excluding carboxylic acids is 1. The summed E-state index contributed by atoms with van der Waals surface area (Å²) in [6.07, 6.45) is 0.967. The van der Waals surface area contributed by atoms with E-state index in [2.05, 4.69) is 10.3 Å². The zero-order valence-corrected chi connectivity index (χ0v) is 14.4. The third-order valence-electron chi connectivity index (χ3n) is 3.88. The molecule has 2 aromatic rings. The van der Waals surface area contributed by atoms with E-state index >= 15 is 0 Å². The first-order chi connectivity index (χ1) is 11.6. The maximum absolute atomic E-state index is 12.3. The zero-order valence-electron chi connectivity index (χ0n) is 13.6. The lowest BCUT2D eigenvalue weighted by atomic mass is 10.2. The molecule has 1 aliphatic heterocycles. The fraction of sp³-hybridized carbons (Fsp3) is 0.353. The highest BCUT2D eigenvalue weighted by molar-refractivity contribution is 7.99. The molecule has 0 fully saturated rings. The molecule has 1 amide bonds. The first kappa shape index (κ1) is 16.6. The predicted octanol–water partition coefficient (Wildman–Crippen LogP) is 2.49. The van der Waals surface area contributed by atoms with Gasteiger partial charge >= 0.3 is 0 Å². The van der Waals surface area contributed by atoms with Crippen LogP contribution in [0.2, 0.25) is 0 Å². The molecule has 1 unspecified atom stereocenters. The predicted molar refractivity (Wildman–Crippen MR) is 93.9 cm³/mol. The first-order valence-corrected chi connectivity index (χ1v) is 8.78. The molecule has 1 N–H and O–H groups in total. The Morgan fingerprint density at radius 3 is 3.04 bits per heavy atom. The summed E-state index contributed by atoms with van der Waals surface area (Å²) < 4.78 is 6.78. The molecule has 1 atom stereocenters. The van der Waals surface area contributed by atoms with Crippen LogP contribution in [0.4, 0.5) is 5.69 Å². The number of carbonyl (C=O) groups is 1. The molecule has 0 bridgehead atoms. The van der Waals surface area contributed by atoms with E-state index in [1.54, 1.807) is 29.9 Å². The second-order valence-corrected chi connectivity index (χ2v) is 6.53. The monoisotopic (exact) mass is 345 g/mol. The lowest BCUT2D eigenvalue weighted by Crippen LogP contribution is -2.27. The van der Waals surface area contributed by atoms with Crippen molar-refractivity contribution in [3.8, 4) is 5.75 Å². The van der Waals surface area contributed by atoms with E-state index in [1.807, 2.05) is 19.1 Å². The molecule has 126 valence electrons. The molecule has 2 heterocycles. The van der Waals surface area contributed by atoms with Crippen LogP contribution in [0.3, 0.4) is 0 Å². The fourth-order valence-electron chi connectivity index (χ4n) is 2.66. The van der Waals surface area contributed by atoms with Crippen LogP contribution in [-0.2, 0) is 11.2 Å². The van der Waals surface area contributed by atoms with Crippen molar-refractivity contribution < 1.29 is 9.53 Å². The molecule has 7 heteroatoms. The van der Waals surface area contributed by atoms with Gasteiger partial charge in [0.05, 0.1) is 13.2 Å². The second-order valence-electron chi connectivity index (χ2n) is 5.54. The molecule has 0 aliphatic carbocycles. The van der Waals surface area contributed by atoms with Crippen molar-refractivity contribution in [1.82, 2.24) is 9.55 Å². The van der Waals surface area contributed by atoms with Gasteiger partial charge in [0.15, 0.2) is 5.16 Å². The Morgan fingerprint density at radius 1 is 1.46 bits per heavy atom. The Balaban J connectivity index is 1.72. The minimum Gasteiger partial charge on any atom is -0.497 e. The fourth-order valence-corrected chi connectivity index (χ4v) is 3.83. The van der Waals surface area contributed by atoms with E-state index in [0.29, 0.717) is 22.3 Å². The first-order valence-electron chi connectivity index (χ1n) is 7.80. The number of amides is 1. The Kier molecular flexibility index (Phi) is 4.89. The van der Waals surface area contributed by atoms with Crippen molar-refractivity contribution in [1.29, 1.82) is 0 Å². The lowest BCUT2D eigenvalue weighted by Gasteiger charge is -2.13. The highest BCUT2D eigenvalue weighted by Crippen LogP contribution is 2.32. The van der Waals surface area contributed by atoms with Crippen LogP contribution >= 0.6 is 11.8 Å². The van der Waals surface area contributed by atoms with Gasteiger partial charge in [0.2, 0.25) is 5.91 Å². The topological polar surface area (TPSA) is 73.2 Å². The molecule has 0 radical (unpaired) electrons. The van der Waals surface area contributed by atoms with Gasteiger partial charge in [0.1, 0.15) is 5.75 Å². The Bertz CT molecular complexity index is 819. The number of rotatable bonds is 5. The van der Waals surface area contributed by atoms with Gasteiger partial charge in [-0.1, -0.05) is 24.8 Å². The lowest BCUT2D eigenvalue weighted by molar-refractivity contribution is -0.116. The van der Waals surface area contributed by atoms with Crippen molar-refractivity contribution >= 4 is 23.4 Å². The normalized spacial score (nSPS) is 15.8. The number of benzene rings is 1. The number of nitrogens with one attached hydrogen (secondary N) is 1. The Labute approximate surface area is 144 Å². The molecule has 1 aromatic carbocycles. The van der Waals surface area contributed by atoms with Gasteiger partial charge in [0, 0.05) is 35.7 Å². The van der Waals surface area contributed by atoms with E-state index in [-0.39, 0.29) is 23.9 Å². The van der Waals surface area contributed by atoms with Crippen LogP contribution < -0.4 is 15.6 Å². The summed E-state index contributed by atoms with van der Waals surface area (Å²) in [6, 6.07) is 8.59. The second kappa shape index (κ2) is 7.09. The van der Waals surface area contributed by atoms with E-state index in [1.165, 1.54) is 11.8 Å². The van der Waals surface area contributed by atoms with Crippen molar-refractivity contribution in [3.63, 3.8) is 0 Å². The molecule has 0 saturated carbocycles. The number of aromatic nitrogens is 2. The zero-order chi connectivity index (χ0) is 17.1. The van der Waals surface area contributed by atoms with Gasteiger partial charge < -0.3 is 10.1 Å².